The van der Waals surface area contributed by atoms with Gasteiger partial charge >= 0.3 is 0 Å². The highest BCUT2D eigenvalue weighted by atomic mass is 35.5. The summed E-state index contributed by atoms with van der Waals surface area (Å²) in [6.45, 7) is 4.09. The molecule has 124 valence electrons. The number of nitrogens with one attached hydrogen (secondary N) is 1. The Morgan fingerprint density at radius 2 is 1.88 bits per heavy atom. The van der Waals surface area contributed by atoms with Crippen molar-refractivity contribution in [3.05, 3.63) is 53.6 Å². The van der Waals surface area contributed by atoms with Gasteiger partial charge in [-0.15, -0.1) is 0 Å². The summed E-state index contributed by atoms with van der Waals surface area (Å²) in [4.78, 5) is 28.4. The van der Waals surface area contributed by atoms with Gasteiger partial charge in [-0.25, -0.2) is 0 Å². The average Bonchev–Trinajstić information content (AvgIpc) is 2.58. The number of para-hydroxylation sites is 1. The van der Waals surface area contributed by atoms with Gasteiger partial charge in [0.25, 0.3) is 5.91 Å². The van der Waals surface area contributed by atoms with E-state index in [1.54, 1.807) is 36.1 Å². The maximum absolute atomic E-state index is 12.9. The molecule has 2 aromatic carbocycles. The molecule has 0 saturated carbocycles. The first-order valence-electron chi connectivity index (χ1n) is 7.62. The van der Waals surface area contributed by atoms with Crippen LogP contribution >= 0.6 is 23.4 Å². The molecule has 1 atom stereocenters. The zero-order valence-electron chi connectivity index (χ0n) is 13.4. The minimum absolute atomic E-state index is 0.208. The molecule has 1 aliphatic heterocycles. The van der Waals surface area contributed by atoms with E-state index in [-0.39, 0.29) is 11.8 Å². The molecule has 0 aromatic heterocycles. The lowest BCUT2D eigenvalue weighted by molar-refractivity contribution is -0.128. The van der Waals surface area contributed by atoms with Crippen LogP contribution in [0, 0.1) is 0 Å². The van der Waals surface area contributed by atoms with Gasteiger partial charge in [-0.3, -0.25) is 9.59 Å². The normalized spacial score (nSPS) is 19.8. The highest BCUT2D eigenvalue weighted by Crippen LogP contribution is 2.45. The van der Waals surface area contributed by atoms with Crippen molar-refractivity contribution < 1.29 is 9.59 Å². The number of carbonyl (C=O) groups excluding carboxylic acids is 2. The fourth-order valence-electron chi connectivity index (χ4n) is 2.64. The summed E-state index contributed by atoms with van der Waals surface area (Å²) in [6, 6.07) is 14.5. The molecule has 0 saturated heterocycles. The number of benzene rings is 2. The lowest BCUT2D eigenvalue weighted by Crippen LogP contribution is -2.54. The monoisotopic (exact) mass is 360 g/mol. The molecular formula is C18H17ClN2O2S. The third kappa shape index (κ3) is 2.89. The summed E-state index contributed by atoms with van der Waals surface area (Å²) in [5, 5.41) is 3.41. The van der Waals surface area contributed by atoms with E-state index in [0.29, 0.717) is 17.3 Å². The first-order valence-corrected chi connectivity index (χ1v) is 8.82. The predicted octanol–water partition coefficient (Wildman–Crippen LogP) is 4.20. The van der Waals surface area contributed by atoms with Crippen molar-refractivity contribution in [3.63, 3.8) is 0 Å². The third-order valence-corrected chi connectivity index (χ3v) is 5.56. The van der Waals surface area contributed by atoms with E-state index >= 15 is 0 Å². The van der Waals surface area contributed by atoms with Crippen LogP contribution in [0.2, 0.25) is 5.02 Å². The van der Waals surface area contributed by atoms with Crippen molar-refractivity contribution in [1.82, 2.24) is 0 Å². The summed E-state index contributed by atoms with van der Waals surface area (Å²) < 4.78 is -1.22. The number of thioether (sulfide) groups is 1. The van der Waals surface area contributed by atoms with Crippen molar-refractivity contribution in [2.75, 3.05) is 16.8 Å². The summed E-state index contributed by atoms with van der Waals surface area (Å²) in [7, 11) is 0. The Hall–Kier alpha value is -1.98. The van der Waals surface area contributed by atoms with E-state index in [1.807, 2.05) is 31.2 Å². The molecule has 0 fully saturated rings. The summed E-state index contributed by atoms with van der Waals surface area (Å²) >= 11 is 7.15. The number of fused-ring (bicyclic) bond motifs is 1. The standard InChI is InChI=1S/C18H17ClN2O2S/c1-3-21-14-6-4-5-7-15(14)24-18(2,17(21)23)16(22)20-13-10-8-12(19)9-11-13/h4-11H,3H2,1-2H3,(H,20,22). The van der Waals surface area contributed by atoms with Gasteiger partial charge in [0.15, 0.2) is 4.75 Å². The third-order valence-electron chi connectivity index (χ3n) is 3.98. The fourth-order valence-corrected chi connectivity index (χ4v) is 3.97. The number of halogens is 1. The van der Waals surface area contributed by atoms with E-state index < -0.39 is 4.75 Å². The molecule has 1 N–H and O–H groups in total. The molecule has 0 bridgehead atoms. The van der Waals surface area contributed by atoms with Gasteiger partial charge in [0.05, 0.1) is 5.69 Å². The van der Waals surface area contributed by atoms with E-state index in [1.165, 1.54) is 11.8 Å². The number of amides is 2. The quantitative estimate of drug-likeness (QED) is 0.835. The van der Waals surface area contributed by atoms with E-state index in [0.717, 1.165) is 10.6 Å². The van der Waals surface area contributed by atoms with Crippen LogP contribution in [0.1, 0.15) is 13.8 Å². The highest BCUT2D eigenvalue weighted by molar-refractivity contribution is 8.02. The van der Waals surface area contributed by atoms with Crippen LogP contribution in [0.4, 0.5) is 11.4 Å². The van der Waals surface area contributed by atoms with Crippen LogP contribution in [0.15, 0.2) is 53.4 Å². The summed E-state index contributed by atoms with van der Waals surface area (Å²) in [6.07, 6.45) is 0. The maximum Gasteiger partial charge on any atom is 0.252 e. The van der Waals surface area contributed by atoms with Gasteiger partial charge in [-0.1, -0.05) is 35.5 Å². The lowest BCUT2D eigenvalue weighted by atomic mass is 10.1. The second kappa shape index (κ2) is 6.49. The smallest absolute Gasteiger partial charge is 0.252 e. The Morgan fingerprint density at radius 3 is 2.54 bits per heavy atom. The van der Waals surface area contributed by atoms with Gasteiger partial charge in [0, 0.05) is 22.2 Å². The minimum Gasteiger partial charge on any atom is -0.324 e. The van der Waals surface area contributed by atoms with E-state index in [4.69, 9.17) is 11.6 Å². The Bertz CT molecular complexity index is 794. The number of carbonyl (C=O) groups is 2. The van der Waals surface area contributed by atoms with Gasteiger partial charge in [0.1, 0.15) is 0 Å². The van der Waals surface area contributed by atoms with Gasteiger partial charge in [-0.05, 0) is 50.2 Å². The van der Waals surface area contributed by atoms with Crippen molar-refractivity contribution >= 4 is 46.6 Å². The number of rotatable bonds is 3. The number of hydrogen-bond donors (Lipinski definition) is 1. The molecule has 0 spiro atoms. The maximum atomic E-state index is 12.9. The molecule has 1 aliphatic rings. The first-order chi connectivity index (χ1) is 11.5. The molecule has 4 nitrogen and oxygen atoms in total. The van der Waals surface area contributed by atoms with Crippen LogP contribution in [-0.2, 0) is 9.59 Å². The largest absolute Gasteiger partial charge is 0.324 e. The number of anilines is 2. The average molecular weight is 361 g/mol. The molecule has 2 amide bonds. The molecule has 1 heterocycles. The van der Waals surface area contributed by atoms with Crippen LogP contribution in [0.25, 0.3) is 0 Å². The fraction of sp³-hybridized carbons (Fsp3) is 0.222. The molecule has 24 heavy (non-hydrogen) atoms. The topological polar surface area (TPSA) is 49.4 Å². The van der Waals surface area contributed by atoms with E-state index in [9.17, 15) is 9.59 Å². The molecule has 3 rings (SSSR count). The molecular weight excluding hydrogens is 344 g/mol. The predicted molar refractivity (Wildman–Crippen MR) is 98.8 cm³/mol. The van der Waals surface area contributed by atoms with Crippen LogP contribution in [-0.4, -0.2) is 23.1 Å². The van der Waals surface area contributed by atoms with Crippen molar-refractivity contribution in [1.29, 1.82) is 0 Å². The Kier molecular flexibility index (Phi) is 4.56. The summed E-state index contributed by atoms with van der Waals surface area (Å²) in [5.41, 5.74) is 1.47. The zero-order valence-corrected chi connectivity index (χ0v) is 14.9. The summed E-state index contributed by atoms with van der Waals surface area (Å²) in [5.74, 6) is -0.548. The van der Waals surface area contributed by atoms with Gasteiger partial charge < -0.3 is 10.2 Å². The van der Waals surface area contributed by atoms with Crippen molar-refractivity contribution in [2.24, 2.45) is 0 Å². The minimum atomic E-state index is -1.22. The first kappa shape index (κ1) is 16.9. The Balaban J connectivity index is 1.92. The second-order valence-electron chi connectivity index (χ2n) is 5.61. The molecule has 0 radical (unpaired) electrons. The molecule has 6 heteroatoms. The zero-order chi connectivity index (χ0) is 17.3. The molecule has 0 aliphatic carbocycles. The SMILES string of the molecule is CCN1C(=O)C(C)(C(=O)Nc2ccc(Cl)cc2)Sc2ccccc21. The van der Waals surface area contributed by atoms with Crippen LogP contribution < -0.4 is 10.2 Å². The number of nitrogens with zero attached hydrogens (tertiary/aromatic N) is 1. The van der Waals surface area contributed by atoms with Crippen molar-refractivity contribution in [3.8, 4) is 0 Å². The highest BCUT2D eigenvalue weighted by Gasteiger charge is 2.48. The molecule has 1 unspecified atom stereocenters. The van der Waals surface area contributed by atoms with Crippen molar-refractivity contribution in [2.45, 2.75) is 23.5 Å². The number of hydrogen-bond acceptors (Lipinski definition) is 3. The second-order valence-corrected chi connectivity index (χ2v) is 7.51. The molecule has 2 aromatic rings. The van der Waals surface area contributed by atoms with Gasteiger partial charge in [0.2, 0.25) is 5.91 Å². The van der Waals surface area contributed by atoms with Crippen LogP contribution in [0.3, 0.4) is 0 Å². The lowest BCUT2D eigenvalue weighted by Gasteiger charge is -2.38. The Labute approximate surface area is 150 Å². The van der Waals surface area contributed by atoms with E-state index in [2.05, 4.69) is 5.32 Å². The van der Waals surface area contributed by atoms with Gasteiger partial charge in [-0.2, -0.15) is 0 Å². The van der Waals surface area contributed by atoms with Crippen LogP contribution in [0.5, 0.6) is 0 Å². The Morgan fingerprint density at radius 1 is 1.21 bits per heavy atom.